The molecule has 0 radical (unpaired) electrons. The Morgan fingerprint density at radius 1 is 1.17 bits per heavy atom. The van der Waals surface area contributed by atoms with E-state index in [-0.39, 0.29) is 21.0 Å². The highest BCUT2D eigenvalue weighted by atomic mass is 32.2. The van der Waals surface area contributed by atoms with Gasteiger partial charge in [0.05, 0.1) is 5.75 Å². The molecule has 3 aromatic rings. The fraction of sp³-hybridized carbons (Fsp3) is 0.211. The van der Waals surface area contributed by atoms with E-state index in [0.717, 1.165) is 16.9 Å². The minimum atomic E-state index is -3.71. The van der Waals surface area contributed by atoms with E-state index in [9.17, 15) is 17.6 Å². The normalized spacial score (nSPS) is 12.4. The third-order valence-corrected chi connectivity index (χ3v) is 6.97. The number of hydrogen-bond acceptors (Lipinski definition) is 7. The molecule has 0 aliphatic heterocycles. The van der Waals surface area contributed by atoms with Gasteiger partial charge in [-0.3, -0.25) is 10.1 Å². The number of ether oxygens (including phenoxy) is 1. The molecule has 1 atom stereocenters. The number of aromatic nitrogens is 2. The molecule has 0 aliphatic carbocycles. The highest BCUT2D eigenvalue weighted by molar-refractivity contribution is 7.92. The van der Waals surface area contributed by atoms with Crippen LogP contribution in [0.25, 0.3) is 0 Å². The molecule has 1 N–H and O–H groups in total. The van der Waals surface area contributed by atoms with Crippen LogP contribution in [0, 0.1) is 12.7 Å². The molecule has 2 aromatic carbocycles. The van der Waals surface area contributed by atoms with E-state index in [2.05, 4.69) is 15.5 Å². The van der Waals surface area contributed by atoms with Crippen LogP contribution in [0.1, 0.15) is 18.1 Å². The van der Waals surface area contributed by atoms with Gasteiger partial charge in [0.1, 0.15) is 0 Å². The number of benzene rings is 2. The van der Waals surface area contributed by atoms with Crippen molar-refractivity contribution in [3.05, 3.63) is 65.5 Å². The van der Waals surface area contributed by atoms with Gasteiger partial charge in [-0.2, -0.15) is 0 Å². The first-order valence-corrected chi connectivity index (χ1v) is 11.1. The molecular formula is C19H18FN3O4S2. The topological polar surface area (TPSA) is 98.3 Å². The fourth-order valence-electron chi connectivity index (χ4n) is 2.42. The number of anilines is 1. The molecule has 0 fully saturated rings. The SMILES string of the molecule is Cc1ccccc1CS(=O)(=O)c1nnc(NC(=O)C(C)Oc2ccccc2F)s1. The number of carbonyl (C=O) groups excluding carboxylic acids is 1. The van der Waals surface area contributed by atoms with E-state index in [1.807, 2.05) is 19.1 Å². The average Bonchev–Trinajstić information content (AvgIpc) is 3.15. The van der Waals surface area contributed by atoms with Gasteiger partial charge >= 0.3 is 0 Å². The van der Waals surface area contributed by atoms with Crippen LogP contribution in [0.2, 0.25) is 0 Å². The lowest BCUT2D eigenvalue weighted by atomic mass is 10.1. The van der Waals surface area contributed by atoms with Crippen LogP contribution in [-0.4, -0.2) is 30.6 Å². The van der Waals surface area contributed by atoms with E-state index >= 15 is 0 Å². The molecule has 1 amide bonds. The molecule has 1 unspecified atom stereocenters. The summed E-state index contributed by atoms with van der Waals surface area (Å²) in [6, 6.07) is 12.9. The number of carbonyl (C=O) groups is 1. The van der Waals surface area contributed by atoms with Crippen LogP contribution in [0.5, 0.6) is 5.75 Å². The van der Waals surface area contributed by atoms with E-state index in [1.165, 1.54) is 25.1 Å². The number of nitrogens with zero attached hydrogens (tertiary/aromatic N) is 2. The first-order chi connectivity index (χ1) is 13.8. The Morgan fingerprint density at radius 2 is 1.86 bits per heavy atom. The maximum atomic E-state index is 13.6. The van der Waals surface area contributed by atoms with Crippen LogP contribution in [0.3, 0.4) is 0 Å². The fourth-order valence-corrected chi connectivity index (χ4v) is 4.84. The van der Waals surface area contributed by atoms with Crippen molar-refractivity contribution in [2.75, 3.05) is 5.32 Å². The number of para-hydroxylation sites is 1. The lowest BCUT2D eigenvalue weighted by Gasteiger charge is -2.13. The maximum absolute atomic E-state index is 13.6. The molecule has 7 nitrogen and oxygen atoms in total. The zero-order valence-corrected chi connectivity index (χ0v) is 17.3. The van der Waals surface area contributed by atoms with E-state index in [4.69, 9.17) is 4.74 Å². The van der Waals surface area contributed by atoms with Gasteiger partial charge in [-0.25, -0.2) is 12.8 Å². The van der Waals surface area contributed by atoms with E-state index in [1.54, 1.807) is 18.2 Å². The predicted molar refractivity (Wildman–Crippen MR) is 107 cm³/mol. The van der Waals surface area contributed by atoms with E-state index in [0.29, 0.717) is 5.56 Å². The standard InChI is InChI=1S/C19H18FN3O4S2/c1-12-7-3-4-8-14(12)11-29(25,26)19-23-22-18(28-19)21-17(24)13(2)27-16-10-6-5-9-15(16)20/h3-10,13H,11H2,1-2H3,(H,21,22,24). The highest BCUT2D eigenvalue weighted by Crippen LogP contribution is 2.25. The number of nitrogens with one attached hydrogen (secondary N) is 1. The minimum Gasteiger partial charge on any atom is -0.478 e. The average molecular weight is 436 g/mol. The second-order valence-corrected chi connectivity index (χ2v) is 9.38. The minimum absolute atomic E-state index is 0.0161. The molecule has 3 rings (SSSR count). The lowest BCUT2D eigenvalue weighted by molar-refractivity contribution is -0.122. The summed E-state index contributed by atoms with van der Waals surface area (Å²) in [6.07, 6.45) is -1.03. The third-order valence-electron chi connectivity index (χ3n) is 4.02. The largest absolute Gasteiger partial charge is 0.478 e. The number of aryl methyl sites for hydroxylation is 1. The van der Waals surface area contributed by atoms with Crippen molar-refractivity contribution in [3.63, 3.8) is 0 Å². The zero-order chi connectivity index (χ0) is 21.0. The Hall–Kier alpha value is -2.85. The summed E-state index contributed by atoms with van der Waals surface area (Å²) < 4.78 is 43.9. The number of amides is 1. The van der Waals surface area contributed by atoms with Crippen LogP contribution >= 0.6 is 11.3 Å². The second kappa shape index (κ2) is 8.66. The molecule has 1 heterocycles. The monoisotopic (exact) mass is 435 g/mol. The first-order valence-electron chi connectivity index (χ1n) is 8.59. The second-order valence-electron chi connectivity index (χ2n) is 6.24. The Morgan fingerprint density at radius 3 is 2.59 bits per heavy atom. The molecule has 0 saturated heterocycles. The van der Waals surface area contributed by atoms with Crippen molar-refractivity contribution < 1.29 is 22.3 Å². The molecule has 0 aliphatic rings. The zero-order valence-electron chi connectivity index (χ0n) is 15.6. The number of rotatable bonds is 7. The van der Waals surface area contributed by atoms with Crippen molar-refractivity contribution in [2.24, 2.45) is 0 Å². The summed E-state index contributed by atoms with van der Waals surface area (Å²) in [4.78, 5) is 12.3. The summed E-state index contributed by atoms with van der Waals surface area (Å²) in [5, 5.41) is 9.87. The van der Waals surface area contributed by atoms with Crippen LogP contribution < -0.4 is 10.1 Å². The molecule has 152 valence electrons. The summed E-state index contributed by atoms with van der Waals surface area (Å²) in [5.41, 5.74) is 1.52. The lowest BCUT2D eigenvalue weighted by Crippen LogP contribution is -2.30. The Labute approximate surface area is 171 Å². The van der Waals surface area contributed by atoms with Crippen LogP contribution in [0.15, 0.2) is 52.9 Å². The van der Waals surface area contributed by atoms with Gasteiger partial charge in [-0.05, 0) is 37.1 Å². The molecule has 0 saturated carbocycles. The quantitative estimate of drug-likeness (QED) is 0.572. The van der Waals surface area contributed by atoms with Gasteiger partial charge in [0.15, 0.2) is 17.7 Å². The molecule has 1 aromatic heterocycles. The Bertz CT molecular complexity index is 1130. The smallest absolute Gasteiger partial charge is 0.266 e. The predicted octanol–water partition coefficient (Wildman–Crippen LogP) is 3.37. The number of hydrogen-bond donors (Lipinski definition) is 1. The van der Waals surface area contributed by atoms with Crippen LogP contribution in [0.4, 0.5) is 9.52 Å². The maximum Gasteiger partial charge on any atom is 0.266 e. The number of halogens is 1. The van der Waals surface area contributed by atoms with Gasteiger partial charge < -0.3 is 4.74 Å². The van der Waals surface area contributed by atoms with Gasteiger partial charge in [0, 0.05) is 0 Å². The highest BCUT2D eigenvalue weighted by Gasteiger charge is 2.24. The summed E-state index contributed by atoms with van der Waals surface area (Å²) in [7, 11) is -3.71. The molecule has 29 heavy (non-hydrogen) atoms. The molecular weight excluding hydrogens is 417 g/mol. The van der Waals surface area contributed by atoms with Crippen molar-refractivity contribution in [2.45, 2.75) is 30.0 Å². The summed E-state index contributed by atoms with van der Waals surface area (Å²) in [6.45, 7) is 3.27. The molecule has 10 heteroatoms. The third kappa shape index (κ3) is 5.15. The van der Waals surface area contributed by atoms with Gasteiger partial charge in [0.2, 0.25) is 19.3 Å². The van der Waals surface area contributed by atoms with Crippen molar-refractivity contribution in [1.82, 2.24) is 10.2 Å². The molecule has 0 bridgehead atoms. The van der Waals surface area contributed by atoms with Gasteiger partial charge in [0.25, 0.3) is 5.91 Å². The van der Waals surface area contributed by atoms with E-state index < -0.39 is 27.7 Å². The first kappa shape index (κ1) is 20.9. The van der Waals surface area contributed by atoms with Crippen molar-refractivity contribution in [1.29, 1.82) is 0 Å². The Balaban J connectivity index is 1.67. The van der Waals surface area contributed by atoms with Gasteiger partial charge in [-0.1, -0.05) is 47.7 Å². The van der Waals surface area contributed by atoms with Crippen molar-refractivity contribution in [3.8, 4) is 5.75 Å². The summed E-state index contributed by atoms with van der Waals surface area (Å²) >= 11 is 0.748. The molecule has 0 spiro atoms. The Kier molecular flexibility index (Phi) is 6.23. The van der Waals surface area contributed by atoms with Gasteiger partial charge in [-0.15, -0.1) is 10.2 Å². The van der Waals surface area contributed by atoms with Crippen LogP contribution in [-0.2, 0) is 20.4 Å². The number of sulfone groups is 1. The van der Waals surface area contributed by atoms with Crippen molar-refractivity contribution >= 4 is 32.2 Å². The summed E-state index contributed by atoms with van der Waals surface area (Å²) in [5.74, 6) is -1.47.